The quantitative estimate of drug-likeness (QED) is 0.591. The molecule has 1 spiro atoms. The van der Waals surface area contributed by atoms with Crippen molar-refractivity contribution in [2.75, 3.05) is 13.2 Å². The van der Waals surface area contributed by atoms with Gasteiger partial charge in [-0.15, -0.1) is 0 Å². The highest BCUT2D eigenvalue weighted by Crippen LogP contribution is 2.60. The third kappa shape index (κ3) is 3.16. The Morgan fingerprint density at radius 3 is 2.74 bits per heavy atom. The first-order chi connectivity index (χ1) is 13.2. The topological polar surface area (TPSA) is 71.7 Å². The lowest BCUT2D eigenvalue weighted by atomic mass is 9.54. The number of aryl methyl sites for hydroxylation is 2. The first kappa shape index (κ1) is 18.8. The van der Waals surface area contributed by atoms with Gasteiger partial charge in [-0.2, -0.15) is 0 Å². The summed E-state index contributed by atoms with van der Waals surface area (Å²) in [5, 5.41) is 11.5. The van der Waals surface area contributed by atoms with Crippen molar-refractivity contribution in [2.45, 2.75) is 84.4 Å². The van der Waals surface area contributed by atoms with Gasteiger partial charge in [-0.25, -0.2) is 4.99 Å². The molecule has 3 fully saturated rings. The van der Waals surface area contributed by atoms with Crippen molar-refractivity contribution in [3.63, 3.8) is 0 Å². The zero-order valence-corrected chi connectivity index (χ0v) is 17.0. The molecule has 2 aliphatic carbocycles. The molecule has 4 rings (SSSR count). The lowest BCUT2D eigenvalue weighted by Crippen LogP contribution is -2.69. The highest BCUT2D eigenvalue weighted by Gasteiger charge is 2.65. The van der Waals surface area contributed by atoms with Crippen LogP contribution < -0.4 is 10.6 Å². The molecule has 2 saturated carbocycles. The molecule has 0 aromatic carbocycles. The maximum Gasteiger partial charge on any atom is 0.191 e. The molecule has 0 bridgehead atoms. The van der Waals surface area contributed by atoms with Gasteiger partial charge in [0.15, 0.2) is 5.96 Å². The van der Waals surface area contributed by atoms with Crippen LogP contribution in [0.3, 0.4) is 0 Å². The predicted molar refractivity (Wildman–Crippen MR) is 106 cm³/mol. The lowest BCUT2D eigenvalue weighted by molar-refractivity contribution is -0.125. The first-order valence-corrected chi connectivity index (χ1v) is 10.9. The van der Waals surface area contributed by atoms with E-state index in [4.69, 9.17) is 14.3 Å². The average molecular weight is 375 g/mol. The molecular formula is C21H34N4O2. The fourth-order valence-electron chi connectivity index (χ4n) is 5.65. The lowest BCUT2D eigenvalue weighted by Gasteiger charge is -2.57. The summed E-state index contributed by atoms with van der Waals surface area (Å²) >= 11 is 0. The number of aromatic nitrogens is 1. The van der Waals surface area contributed by atoms with Crippen LogP contribution >= 0.6 is 0 Å². The number of ether oxygens (including phenoxy) is 1. The Kier molecular flexibility index (Phi) is 5.44. The summed E-state index contributed by atoms with van der Waals surface area (Å²) in [6.07, 6.45) is 8.62. The van der Waals surface area contributed by atoms with Gasteiger partial charge in [-0.1, -0.05) is 31.8 Å². The summed E-state index contributed by atoms with van der Waals surface area (Å²) in [7, 11) is 0. The van der Waals surface area contributed by atoms with Crippen LogP contribution in [-0.4, -0.2) is 36.4 Å². The van der Waals surface area contributed by atoms with E-state index in [1.165, 1.54) is 32.1 Å². The molecular weight excluding hydrogens is 340 g/mol. The standard InChI is InChI=1S/C21H34N4O2/c1-4-16-15(17(5-2)27-25-16)13-23-20(22-6-3)24-18-14-9-12-26-19(14)21(18)10-7-8-11-21/h14,18-19H,4-13H2,1-3H3,(H2,22,23,24). The molecule has 150 valence electrons. The van der Waals surface area contributed by atoms with E-state index in [1.54, 1.807) is 0 Å². The minimum atomic E-state index is 0.331. The molecule has 6 nitrogen and oxygen atoms in total. The Labute approximate surface area is 162 Å². The molecule has 1 aliphatic heterocycles. The van der Waals surface area contributed by atoms with Gasteiger partial charge in [0.05, 0.1) is 18.3 Å². The van der Waals surface area contributed by atoms with Crippen LogP contribution in [-0.2, 0) is 24.1 Å². The number of guanidine groups is 1. The van der Waals surface area contributed by atoms with Crippen molar-refractivity contribution in [1.82, 2.24) is 15.8 Å². The Bertz CT molecular complexity index is 656. The van der Waals surface area contributed by atoms with Gasteiger partial charge < -0.3 is 19.9 Å². The van der Waals surface area contributed by atoms with Gasteiger partial charge >= 0.3 is 0 Å². The van der Waals surface area contributed by atoms with Crippen LogP contribution in [0.25, 0.3) is 0 Å². The summed E-state index contributed by atoms with van der Waals surface area (Å²) in [5.74, 6) is 2.52. The van der Waals surface area contributed by atoms with Crippen LogP contribution in [0.15, 0.2) is 9.52 Å². The number of nitrogens with one attached hydrogen (secondary N) is 2. The number of aliphatic imine (C=N–C) groups is 1. The molecule has 27 heavy (non-hydrogen) atoms. The predicted octanol–water partition coefficient (Wildman–Crippen LogP) is 3.20. The summed E-state index contributed by atoms with van der Waals surface area (Å²) < 4.78 is 11.6. The Morgan fingerprint density at radius 2 is 2.04 bits per heavy atom. The van der Waals surface area contributed by atoms with Crippen molar-refractivity contribution < 1.29 is 9.26 Å². The van der Waals surface area contributed by atoms with E-state index in [0.29, 0.717) is 30.0 Å². The molecule has 6 heteroatoms. The molecule has 2 heterocycles. The number of fused-ring (bicyclic) bond motifs is 2. The molecule has 1 aromatic rings. The largest absolute Gasteiger partial charge is 0.377 e. The van der Waals surface area contributed by atoms with Crippen LogP contribution in [0.2, 0.25) is 0 Å². The second-order valence-electron chi connectivity index (χ2n) is 8.24. The maximum absolute atomic E-state index is 6.12. The maximum atomic E-state index is 6.12. The van der Waals surface area contributed by atoms with E-state index in [-0.39, 0.29) is 0 Å². The SMILES string of the molecule is CCNC(=NCc1c(CC)noc1CC)NC1C2CCOC2C12CCCC2. The van der Waals surface area contributed by atoms with E-state index in [2.05, 4.69) is 36.6 Å². The Hall–Kier alpha value is -1.56. The van der Waals surface area contributed by atoms with Crippen LogP contribution in [0.4, 0.5) is 0 Å². The van der Waals surface area contributed by atoms with Gasteiger partial charge in [0.1, 0.15) is 5.76 Å². The highest BCUT2D eigenvalue weighted by atomic mass is 16.5. The summed E-state index contributed by atoms with van der Waals surface area (Å²) in [6.45, 7) is 8.75. The fraction of sp³-hybridized carbons (Fsp3) is 0.810. The first-order valence-electron chi connectivity index (χ1n) is 10.9. The third-order valence-corrected chi connectivity index (χ3v) is 6.92. The molecule has 3 unspecified atom stereocenters. The number of hydrogen-bond acceptors (Lipinski definition) is 4. The van der Waals surface area contributed by atoms with E-state index < -0.39 is 0 Å². The number of rotatable bonds is 6. The second kappa shape index (κ2) is 7.82. The molecule has 0 amide bonds. The fourth-order valence-corrected chi connectivity index (χ4v) is 5.65. The zero-order chi connectivity index (χ0) is 18.9. The summed E-state index contributed by atoms with van der Waals surface area (Å²) in [5.41, 5.74) is 2.52. The molecule has 1 aromatic heterocycles. The van der Waals surface area contributed by atoms with E-state index in [1.807, 2.05) is 0 Å². The van der Waals surface area contributed by atoms with E-state index >= 15 is 0 Å². The van der Waals surface area contributed by atoms with Gasteiger partial charge in [0, 0.05) is 42.5 Å². The number of nitrogens with zero attached hydrogens (tertiary/aromatic N) is 2. The van der Waals surface area contributed by atoms with Crippen molar-refractivity contribution in [2.24, 2.45) is 16.3 Å². The summed E-state index contributed by atoms with van der Waals surface area (Å²) in [4.78, 5) is 4.92. The van der Waals surface area contributed by atoms with Crippen molar-refractivity contribution in [3.8, 4) is 0 Å². The van der Waals surface area contributed by atoms with Crippen LogP contribution in [0.5, 0.6) is 0 Å². The smallest absolute Gasteiger partial charge is 0.191 e. The van der Waals surface area contributed by atoms with Gasteiger partial charge in [-0.05, 0) is 32.6 Å². The van der Waals surface area contributed by atoms with Gasteiger partial charge in [0.2, 0.25) is 0 Å². The van der Waals surface area contributed by atoms with Crippen LogP contribution in [0.1, 0.15) is 69.9 Å². The van der Waals surface area contributed by atoms with Crippen molar-refractivity contribution in [3.05, 3.63) is 17.0 Å². The Morgan fingerprint density at radius 1 is 1.22 bits per heavy atom. The molecule has 3 aliphatic rings. The highest BCUT2D eigenvalue weighted by molar-refractivity contribution is 5.80. The van der Waals surface area contributed by atoms with Crippen molar-refractivity contribution in [1.29, 1.82) is 0 Å². The van der Waals surface area contributed by atoms with Gasteiger partial charge in [-0.3, -0.25) is 0 Å². The number of hydrogen-bond donors (Lipinski definition) is 2. The molecule has 1 saturated heterocycles. The monoisotopic (exact) mass is 374 g/mol. The second-order valence-corrected chi connectivity index (χ2v) is 8.24. The average Bonchev–Trinajstić information content (AvgIpc) is 3.42. The third-order valence-electron chi connectivity index (χ3n) is 6.92. The minimum Gasteiger partial charge on any atom is -0.377 e. The Balaban J connectivity index is 1.51. The van der Waals surface area contributed by atoms with Crippen molar-refractivity contribution >= 4 is 5.96 Å². The zero-order valence-electron chi connectivity index (χ0n) is 17.0. The molecule has 0 radical (unpaired) electrons. The van der Waals surface area contributed by atoms with Crippen LogP contribution in [0, 0.1) is 11.3 Å². The minimum absolute atomic E-state index is 0.331. The van der Waals surface area contributed by atoms with E-state index in [0.717, 1.165) is 49.0 Å². The normalized spacial score (nSPS) is 29.0. The molecule has 3 atom stereocenters. The summed E-state index contributed by atoms with van der Waals surface area (Å²) in [6, 6.07) is 0.490. The van der Waals surface area contributed by atoms with Gasteiger partial charge in [0.25, 0.3) is 0 Å². The van der Waals surface area contributed by atoms with E-state index in [9.17, 15) is 0 Å². The molecule has 2 N–H and O–H groups in total.